The summed E-state index contributed by atoms with van der Waals surface area (Å²) < 4.78 is 1.78. The number of nitrogens with two attached hydrogens (primary N) is 1. The maximum Gasteiger partial charge on any atom is 0.325 e. The van der Waals surface area contributed by atoms with E-state index >= 15 is 0 Å². The lowest BCUT2D eigenvalue weighted by molar-refractivity contribution is -0.142. The van der Waals surface area contributed by atoms with Gasteiger partial charge < -0.3 is 15.4 Å². The van der Waals surface area contributed by atoms with Crippen LogP contribution in [0.2, 0.25) is 5.15 Å². The lowest BCUT2D eigenvalue weighted by Crippen LogP contribution is -2.50. The Balaban J connectivity index is 2.03. The molecule has 1 unspecified atom stereocenters. The Morgan fingerprint density at radius 2 is 2.47 bits per heavy atom. The zero-order valence-corrected chi connectivity index (χ0v) is 10.3. The van der Waals surface area contributed by atoms with Gasteiger partial charge in [-0.15, -0.1) is 0 Å². The normalized spacial score (nSPS) is 25.4. The van der Waals surface area contributed by atoms with Crippen molar-refractivity contribution in [2.24, 2.45) is 12.8 Å². The van der Waals surface area contributed by atoms with Crippen LogP contribution in [0.5, 0.6) is 0 Å². The van der Waals surface area contributed by atoms with E-state index in [4.69, 9.17) is 22.4 Å². The van der Waals surface area contributed by atoms with Gasteiger partial charge in [0.1, 0.15) is 16.5 Å². The Morgan fingerprint density at radius 3 is 2.94 bits per heavy atom. The van der Waals surface area contributed by atoms with Crippen LogP contribution in [0.15, 0.2) is 6.20 Å². The Hall–Kier alpha value is -1.11. The molecule has 0 aromatic carbocycles. The lowest BCUT2D eigenvalue weighted by Gasteiger charge is -2.19. The third-order valence-electron chi connectivity index (χ3n) is 3.20. The van der Waals surface area contributed by atoms with E-state index in [1.54, 1.807) is 10.8 Å². The predicted octanol–water partition coefficient (Wildman–Crippen LogP) is 0.0613. The largest absolute Gasteiger partial charge is 0.480 e. The number of likely N-dealkylation sites (tertiary alicyclic amines) is 1. The van der Waals surface area contributed by atoms with Crippen LogP contribution in [0.4, 0.5) is 0 Å². The van der Waals surface area contributed by atoms with Gasteiger partial charge in [-0.1, -0.05) is 11.6 Å². The fraction of sp³-hybridized carbons (Fsp3) is 0.600. The Kier molecular flexibility index (Phi) is 3.11. The second kappa shape index (κ2) is 4.29. The van der Waals surface area contributed by atoms with Crippen molar-refractivity contribution in [1.82, 2.24) is 14.5 Å². The molecule has 0 saturated carbocycles. The highest BCUT2D eigenvalue weighted by Gasteiger charge is 2.41. The summed E-state index contributed by atoms with van der Waals surface area (Å²) in [5, 5.41) is 9.59. The standard InChI is InChI=1S/C10H15ClN4O2/c1-14-7(11)4-13-8(14)5-15-3-2-10(12,6-15)9(16)17/h4H,2-3,5-6,12H2,1H3,(H,16,17). The molecule has 1 aromatic heterocycles. The number of carbonyl (C=O) groups is 1. The van der Waals surface area contributed by atoms with Gasteiger partial charge in [0.2, 0.25) is 0 Å². The van der Waals surface area contributed by atoms with Crippen molar-refractivity contribution in [1.29, 1.82) is 0 Å². The topological polar surface area (TPSA) is 84.4 Å². The summed E-state index contributed by atoms with van der Waals surface area (Å²) in [5.74, 6) is -0.137. The van der Waals surface area contributed by atoms with Crippen molar-refractivity contribution >= 4 is 17.6 Å². The minimum Gasteiger partial charge on any atom is -0.480 e. The average Bonchev–Trinajstić information content (AvgIpc) is 2.78. The summed E-state index contributed by atoms with van der Waals surface area (Å²) in [6.45, 7) is 1.57. The molecule has 2 rings (SSSR count). The van der Waals surface area contributed by atoms with E-state index in [0.717, 1.165) is 5.82 Å². The first-order valence-electron chi connectivity index (χ1n) is 5.33. The van der Waals surface area contributed by atoms with E-state index in [-0.39, 0.29) is 0 Å². The molecule has 2 heterocycles. The van der Waals surface area contributed by atoms with Crippen molar-refractivity contribution in [3.63, 3.8) is 0 Å². The number of carboxylic acid groups (broad SMARTS) is 1. The second-order valence-electron chi connectivity index (χ2n) is 4.48. The number of hydrogen-bond acceptors (Lipinski definition) is 4. The summed E-state index contributed by atoms with van der Waals surface area (Å²) in [5.41, 5.74) is 4.66. The monoisotopic (exact) mass is 258 g/mol. The highest BCUT2D eigenvalue weighted by molar-refractivity contribution is 6.29. The number of halogens is 1. The molecular formula is C10H15ClN4O2. The number of imidazole rings is 1. The van der Waals surface area contributed by atoms with Crippen molar-refractivity contribution in [3.8, 4) is 0 Å². The summed E-state index contributed by atoms with van der Waals surface area (Å²) in [7, 11) is 1.83. The zero-order chi connectivity index (χ0) is 12.6. The van der Waals surface area contributed by atoms with E-state index in [1.807, 2.05) is 11.9 Å². The molecule has 17 heavy (non-hydrogen) atoms. The zero-order valence-electron chi connectivity index (χ0n) is 9.56. The maximum atomic E-state index is 11.0. The van der Waals surface area contributed by atoms with E-state index in [9.17, 15) is 4.79 Å². The van der Waals surface area contributed by atoms with Gasteiger partial charge >= 0.3 is 5.97 Å². The van der Waals surface area contributed by atoms with E-state index in [2.05, 4.69) is 4.98 Å². The molecule has 0 spiro atoms. The first-order valence-corrected chi connectivity index (χ1v) is 5.71. The molecule has 1 aliphatic rings. The molecule has 94 valence electrons. The fourth-order valence-electron chi connectivity index (χ4n) is 2.00. The highest BCUT2D eigenvalue weighted by Crippen LogP contribution is 2.21. The predicted molar refractivity (Wildman–Crippen MR) is 62.7 cm³/mol. The third-order valence-corrected chi connectivity index (χ3v) is 3.55. The average molecular weight is 259 g/mol. The first kappa shape index (κ1) is 12.3. The van der Waals surface area contributed by atoms with Crippen LogP contribution in [-0.2, 0) is 18.4 Å². The summed E-state index contributed by atoms with van der Waals surface area (Å²) in [4.78, 5) is 17.2. The minimum absolute atomic E-state index is 0.340. The Bertz CT molecular complexity index is 448. The van der Waals surface area contributed by atoms with Gasteiger partial charge in [0.05, 0.1) is 12.7 Å². The Labute approximate surface area is 104 Å². The van der Waals surface area contributed by atoms with Gasteiger partial charge in [-0.2, -0.15) is 0 Å². The van der Waals surface area contributed by atoms with Crippen LogP contribution in [0.3, 0.4) is 0 Å². The van der Waals surface area contributed by atoms with Gasteiger partial charge in [-0.25, -0.2) is 4.98 Å². The number of aliphatic carboxylic acids is 1. The third kappa shape index (κ3) is 2.29. The SMILES string of the molecule is Cn1c(Cl)cnc1CN1CCC(N)(C(=O)O)C1. The van der Waals surface area contributed by atoms with Crippen LogP contribution in [0.1, 0.15) is 12.2 Å². The molecule has 1 fully saturated rings. The van der Waals surface area contributed by atoms with Gasteiger partial charge in [-0.05, 0) is 6.42 Å². The van der Waals surface area contributed by atoms with Crippen LogP contribution >= 0.6 is 11.6 Å². The van der Waals surface area contributed by atoms with Crippen LogP contribution in [0, 0.1) is 0 Å². The number of nitrogens with zero attached hydrogens (tertiary/aromatic N) is 3. The van der Waals surface area contributed by atoms with Crippen LogP contribution < -0.4 is 5.73 Å². The lowest BCUT2D eigenvalue weighted by atomic mass is 10.0. The molecule has 0 bridgehead atoms. The second-order valence-corrected chi connectivity index (χ2v) is 4.87. The quantitative estimate of drug-likeness (QED) is 0.801. The van der Waals surface area contributed by atoms with Crippen LogP contribution in [0.25, 0.3) is 0 Å². The van der Waals surface area contributed by atoms with E-state index in [0.29, 0.717) is 31.2 Å². The first-order chi connectivity index (χ1) is 7.92. The molecule has 0 aliphatic carbocycles. The molecule has 1 atom stereocenters. The van der Waals surface area contributed by atoms with Crippen molar-refractivity contribution < 1.29 is 9.90 Å². The van der Waals surface area contributed by atoms with Crippen molar-refractivity contribution in [2.45, 2.75) is 18.5 Å². The van der Waals surface area contributed by atoms with E-state index in [1.165, 1.54) is 0 Å². The van der Waals surface area contributed by atoms with Gasteiger partial charge in [-0.3, -0.25) is 9.69 Å². The number of rotatable bonds is 3. The minimum atomic E-state index is -1.13. The number of hydrogen-bond donors (Lipinski definition) is 2. The molecule has 6 nitrogen and oxygen atoms in total. The van der Waals surface area contributed by atoms with Crippen LogP contribution in [-0.4, -0.2) is 44.2 Å². The molecule has 3 N–H and O–H groups in total. The summed E-state index contributed by atoms with van der Waals surface area (Å²) in [6.07, 6.45) is 2.04. The molecule has 0 amide bonds. The van der Waals surface area contributed by atoms with Gasteiger partial charge in [0, 0.05) is 20.1 Å². The summed E-state index contributed by atoms with van der Waals surface area (Å²) in [6, 6.07) is 0. The van der Waals surface area contributed by atoms with Gasteiger partial charge in [0.25, 0.3) is 0 Å². The number of carboxylic acids is 1. The number of aromatic nitrogens is 2. The van der Waals surface area contributed by atoms with Crippen molar-refractivity contribution in [2.75, 3.05) is 13.1 Å². The molecule has 0 radical (unpaired) electrons. The molecular weight excluding hydrogens is 244 g/mol. The fourth-order valence-corrected chi connectivity index (χ4v) is 2.14. The van der Waals surface area contributed by atoms with Crippen molar-refractivity contribution in [3.05, 3.63) is 17.2 Å². The van der Waals surface area contributed by atoms with E-state index < -0.39 is 11.5 Å². The highest BCUT2D eigenvalue weighted by atomic mass is 35.5. The molecule has 1 saturated heterocycles. The smallest absolute Gasteiger partial charge is 0.325 e. The Morgan fingerprint density at radius 1 is 1.76 bits per heavy atom. The molecule has 7 heteroatoms. The van der Waals surface area contributed by atoms with Gasteiger partial charge in [0.15, 0.2) is 0 Å². The molecule has 1 aromatic rings. The summed E-state index contributed by atoms with van der Waals surface area (Å²) >= 11 is 5.88. The molecule has 1 aliphatic heterocycles. The maximum absolute atomic E-state index is 11.0.